The Morgan fingerprint density at radius 2 is 1.91 bits per heavy atom. The summed E-state index contributed by atoms with van der Waals surface area (Å²) in [6.45, 7) is 5.13. The van der Waals surface area contributed by atoms with Crippen LogP contribution in [0.5, 0.6) is 0 Å². The number of likely N-dealkylation sites (N-methyl/N-ethyl adjacent to an activating group) is 1. The fourth-order valence-electron chi connectivity index (χ4n) is 3.77. The third-order valence-corrected chi connectivity index (χ3v) is 5.16. The number of rotatable bonds is 6. The molecule has 132 valence electrons. The van der Waals surface area contributed by atoms with Gasteiger partial charge in [-0.25, -0.2) is 0 Å². The molecule has 6 nitrogen and oxygen atoms in total. The van der Waals surface area contributed by atoms with Gasteiger partial charge in [0.15, 0.2) is 0 Å². The van der Waals surface area contributed by atoms with Crippen molar-refractivity contribution >= 4 is 11.8 Å². The minimum absolute atomic E-state index is 0.0184. The van der Waals surface area contributed by atoms with Crippen LogP contribution in [0, 0.1) is 11.8 Å². The lowest BCUT2D eigenvalue weighted by Gasteiger charge is -2.27. The van der Waals surface area contributed by atoms with Crippen LogP contribution in [0.25, 0.3) is 0 Å². The van der Waals surface area contributed by atoms with Crippen molar-refractivity contribution in [2.24, 2.45) is 11.8 Å². The van der Waals surface area contributed by atoms with Gasteiger partial charge in [-0.15, -0.1) is 0 Å². The maximum atomic E-state index is 12.5. The second-order valence-electron chi connectivity index (χ2n) is 7.13. The van der Waals surface area contributed by atoms with Crippen LogP contribution in [0.1, 0.15) is 39.0 Å². The number of carbonyl (C=O) groups excluding carboxylic acids is 2. The third-order valence-electron chi connectivity index (χ3n) is 5.16. The van der Waals surface area contributed by atoms with Gasteiger partial charge in [0.25, 0.3) is 0 Å². The smallest absolute Gasteiger partial charge is 0.244 e. The van der Waals surface area contributed by atoms with Gasteiger partial charge >= 0.3 is 0 Å². The molecule has 2 aliphatic rings. The average molecular weight is 324 g/mol. The summed E-state index contributed by atoms with van der Waals surface area (Å²) in [5.74, 6) is 1.27. The quantitative estimate of drug-likeness (QED) is 0.659. The highest BCUT2D eigenvalue weighted by atomic mass is 16.2. The first kappa shape index (κ1) is 18.2. The first-order valence-corrected chi connectivity index (χ1v) is 8.98. The lowest BCUT2D eigenvalue weighted by Crippen LogP contribution is -2.51. The molecule has 6 heteroatoms. The number of piperidine rings is 1. The Morgan fingerprint density at radius 3 is 2.52 bits per heavy atom. The van der Waals surface area contributed by atoms with Crippen molar-refractivity contribution in [2.75, 3.05) is 33.7 Å². The SMILES string of the molecule is CCCC(NC(=O)[C@@H]1C[C@H](C2CCNCC2)CN1)C(=O)N(C)C. The van der Waals surface area contributed by atoms with E-state index in [-0.39, 0.29) is 17.9 Å². The Bertz CT molecular complexity index is 407. The van der Waals surface area contributed by atoms with E-state index >= 15 is 0 Å². The number of hydrogen-bond donors (Lipinski definition) is 3. The van der Waals surface area contributed by atoms with Crippen LogP contribution in [0.15, 0.2) is 0 Å². The highest BCUT2D eigenvalue weighted by Gasteiger charge is 2.35. The molecule has 2 rings (SSSR count). The fraction of sp³-hybridized carbons (Fsp3) is 0.882. The van der Waals surface area contributed by atoms with E-state index in [2.05, 4.69) is 16.0 Å². The number of nitrogens with zero attached hydrogens (tertiary/aromatic N) is 1. The van der Waals surface area contributed by atoms with E-state index in [0.29, 0.717) is 12.3 Å². The predicted molar refractivity (Wildman–Crippen MR) is 91.0 cm³/mol. The molecule has 0 aromatic carbocycles. The second-order valence-corrected chi connectivity index (χ2v) is 7.13. The van der Waals surface area contributed by atoms with Gasteiger partial charge in [-0.3, -0.25) is 9.59 Å². The largest absolute Gasteiger partial charge is 0.347 e. The molecule has 3 atom stereocenters. The molecule has 0 bridgehead atoms. The summed E-state index contributed by atoms with van der Waals surface area (Å²) in [5.41, 5.74) is 0. The van der Waals surface area contributed by atoms with Crippen LogP contribution in [0.4, 0.5) is 0 Å². The van der Waals surface area contributed by atoms with Gasteiger partial charge in [-0.2, -0.15) is 0 Å². The van der Waals surface area contributed by atoms with Gasteiger partial charge in [0.1, 0.15) is 6.04 Å². The van der Waals surface area contributed by atoms with E-state index in [0.717, 1.165) is 38.4 Å². The van der Waals surface area contributed by atoms with Crippen molar-refractivity contribution in [1.82, 2.24) is 20.9 Å². The highest BCUT2D eigenvalue weighted by molar-refractivity contribution is 5.89. The fourth-order valence-corrected chi connectivity index (χ4v) is 3.77. The van der Waals surface area contributed by atoms with Crippen LogP contribution in [-0.4, -0.2) is 62.5 Å². The van der Waals surface area contributed by atoms with Crippen LogP contribution >= 0.6 is 0 Å². The summed E-state index contributed by atoms with van der Waals surface area (Å²) in [7, 11) is 3.47. The minimum Gasteiger partial charge on any atom is -0.347 e. The third kappa shape index (κ3) is 4.91. The molecule has 0 radical (unpaired) electrons. The zero-order valence-corrected chi connectivity index (χ0v) is 14.7. The van der Waals surface area contributed by atoms with E-state index in [1.54, 1.807) is 19.0 Å². The minimum atomic E-state index is -0.401. The van der Waals surface area contributed by atoms with Crippen molar-refractivity contribution in [3.8, 4) is 0 Å². The molecule has 2 heterocycles. The molecule has 0 aromatic heterocycles. The molecular formula is C17H32N4O2. The monoisotopic (exact) mass is 324 g/mol. The van der Waals surface area contributed by atoms with Gasteiger partial charge in [0.05, 0.1) is 6.04 Å². The van der Waals surface area contributed by atoms with Gasteiger partial charge in [-0.05, 0) is 57.2 Å². The van der Waals surface area contributed by atoms with Crippen molar-refractivity contribution in [3.05, 3.63) is 0 Å². The van der Waals surface area contributed by atoms with Gasteiger partial charge < -0.3 is 20.9 Å². The molecule has 2 saturated heterocycles. The normalized spacial score (nSPS) is 26.7. The molecule has 2 aliphatic heterocycles. The number of carbonyl (C=O) groups is 2. The van der Waals surface area contributed by atoms with Crippen molar-refractivity contribution in [1.29, 1.82) is 0 Å². The molecule has 0 aromatic rings. The maximum Gasteiger partial charge on any atom is 0.244 e. The Morgan fingerprint density at radius 1 is 1.22 bits per heavy atom. The Hall–Kier alpha value is -1.14. The molecule has 0 aliphatic carbocycles. The zero-order valence-electron chi connectivity index (χ0n) is 14.7. The molecule has 0 saturated carbocycles. The Kier molecular flexibility index (Phi) is 6.84. The van der Waals surface area contributed by atoms with Crippen LogP contribution < -0.4 is 16.0 Å². The van der Waals surface area contributed by atoms with Crippen LogP contribution in [0.2, 0.25) is 0 Å². The molecule has 2 amide bonds. The van der Waals surface area contributed by atoms with E-state index in [9.17, 15) is 9.59 Å². The first-order chi connectivity index (χ1) is 11.0. The van der Waals surface area contributed by atoms with Crippen LogP contribution in [0.3, 0.4) is 0 Å². The Balaban J connectivity index is 1.86. The van der Waals surface area contributed by atoms with E-state index in [4.69, 9.17) is 0 Å². The number of nitrogens with one attached hydrogen (secondary N) is 3. The van der Waals surface area contributed by atoms with Crippen molar-refractivity contribution in [2.45, 2.75) is 51.1 Å². The summed E-state index contributed by atoms with van der Waals surface area (Å²) in [6.07, 6.45) is 4.87. The Labute approximate surface area is 139 Å². The standard InChI is InChI=1S/C17H32N4O2/c1-4-5-14(17(23)21(2)3)20-16(22)15-10-13(11-19-15)12-6-8-18-9-7-12/h12-15,18-19H,4-11H2,1-3H3,(H,20,22)/t13-,14?,15-/m0/s1. The lowest BCUT2D eigenvalue weighted by molar-refractivity contribution is -0.135. The number of amides is 2. The van der Waals surface area contributed by atoms with E-state index in [1.807, 2.05) is 6.92 Å². The summed E-state index contributed by atoms with van der Waals surface area (Å²) in [6, 6.07) is -0.550. The van der Waals surface area contributed by atoms with Crippen LogP contribution in [-0.2, 0) is 9.59 Å². The first-order valence-electron chi connectivity index (χ1n) is 8.98. The summed E-state index contributed by atoms with van der Waals surface area (Å²) < 4.78 is 0. The lowest BCUT2D eigenvalue weighted by atomic mass is 9.83. The van der Waals surface area contributed by atoms with Gasteiger partial charge in [0.2, 0.25) is 11.8 Å². The topological polar surface area (TPSA) is 73.5 Å². The van der Waals surface area contributed by atoms with E-state index < -0.39 is 6.04 Å². The maximum absolute atomic E-state index is 12.5. The molecule has 3 N–H and O–H groups in total. The van der Waals surface area contributed by atoms with Gasteiger partial charge in [0, 0.05) is 14.1 Å². The summed E-state index contributed by atoms with van der Waals surface area (Å²) >= 11 is 0. The van der Waals surface area contributed by atoms with Gasteiger partial charge in [-0.1, -0.05) is 13.3 Å². The molecule has 23 heavy (non-hydrogen) atoms. The molecular weight excluding hydrogens is 292 g/mol. The van der Waals surface area contributed by atoms with E-state index in [1.165, 1.54) is 12.8 Å². The second kappa shape index (κ2) is 8.64. The van der Waals surface area contributed by atoms with Crippen molar-refractivity contribution in [3.63, 3.8) is 0 Å². The highest BCUT2D eigenvalue weighted by Crippen LogP contribution is 2.29. The average Bonchev–Trinajstić information content (AvgIpc) is 3.04. The molecule has 0 spiro atoms. The summed E-state index contributed by atoms with van der Waals surface area (Å²) in [4.78, 5) is 26.3. The predicted octanol–water partition coefficient (Wildman–Crippen LogP) is 0.337. The zero-order chi connectivity index (χ0) is 16.8. The molecule has 2 fully saturated rings. The molecule has 1 unspecified atom stereocenters. The summed E-state index contributed by atoms with van der Waals surface area (Å²) in [5, 5.41) is 9.71. The number of hydrogen-bond acceptors (Lipinski definition) is 4. The van der Waals surface area contributed by atoms with Crippen molar-refractivity contribution < 1.29 is 9.59 Å².